The zero-order chi connectivity index (χ0) is 24.1. The number of rotatable bonds is 1. The Bertz CT molecular complexity index is 1190. The number of H-pyrrole nitrogens is 1. The quantitative estimate of drug-likeness (QED) is 0.506. The first-order chi connectivity index (χ1) is 16.5. The Labute approximate surface area is 198 Å². The number of aromatic hydroxyl groups is 1. The van der Waals surface area contributed by atoms with E-state index in [9.17, 15) is 9.90 Å². The van der Waals surface area contributed by atoms with Gasteiger partial charge in [0.1, 0.15) is 23.5 Å². The Kier molecular flexibility index (Phi) is 7.27. The van der Waals surface area contributed by atoms with Crippen molar-refractivity contribution in [1.29, 1.82) is 0 Å². The van der Waals surface area contributed by atoms with Crippen LogP contribution >= 0.6 is 0 Å². The monoisotopic (exact) mass is 465 g/mol. The average Bonchev–Trinajstić information content (AvgIpc) is 3.15. The third-order valence-electron chi connectivity index (χ3n) is 6.00. The molecule has 2 bridgehead atoms. The van der Waals surface area contributed by atoms with Gasteiger partial charge >= 0.3 is 0 Å². The van der Waals surface area contributed by atoms with Gasteiger partial charge in [-0.3, -0.25) is 9.79 Å². The summed E-state index contributed by atoms with van der Waals surface area (Å²) in [6, 6.07) is 5.77. The number of ether oxygens (including phenoxy) is 1. The van der Waals surface area contributed by atoms with E-state index in [1.807, 2.05) is 25.2 Å². The van der Waals surface area contributed by atoms with Gasteiger partial charge in [-0.1, -0.05) is 0 Å². The van der Waals surface area contributed by atoms with Crippen molar-refractivity contribution in [2.24, 2.45) is 4.99 Å². The molecule has 0 spiro atoms. The van der Waals surface area contributed by atoms with Crippen LogP contribution in [0.2, 0.25) is 0 Å². The molecule has 3 N–H and O–H groups in total. The van der Waals surface area contributed by atoms with Crippen LogP contribution in [0.5, 0.6) is 11.6 Å². The Hall–Kier alpha value is -3.66. The summed E-state index contributed by atoms with van der Waals surface area (Å²) in [5.41, 5.74) is 2.76. The van der Waals surface area contributed by atoms with Gasteiger partial charge in [-0.15, -0.1) is 0 Å². The number of hydrogen-bond donors (Lipinski definition) is 3. The maximum Gasteiger partial charge on any atom is 0.222 e. The molecule has 0 radical (unpaired) electrons. The van der Waals surface area contributed by atoms with Crippen molar-refractivity contribution in [1.82, 2.24) is 24.8 Å². The molecule has 3 heterocycles. The van der Waals surface area contributed by atoms with Crippen molar-refractivity contribution in [2.45, 2.75) is 25.8 Å². The Balaban J connectivity index is 1.72. The number of likely N-dealkylation sites (N-methyl/N-ethyl adjacent to an activating group) is 1. The molecule has 0 unspecified atom stereocenters. The highest BCUT2D eigenvalue weighted by Gasteiger charge is 2.16. The zero-order valence-corrected chi connectivity index (χ0v) is 19.8. The van der Waals surface area contributed by atoms with E-state index < -0.39 is 0 Å². The van der Waals surface area contributed by atoms with Crippen LogP contribution in [0.3, 0.4) is 0 Å². The summed E-state index contributed by atoms with van der Waals surface area (Å²) in [6.07, 6.45) is 5.33. The molecule has 1 amide bonds. The van der Waals surface area contributed by atoms with Crippen LogP contribution in [0.25, 0.3) is 11.0 Å². The molecule has 0 aliphatic carbocycles. The Morgan fingerprint density at radius 1 is 1.15 bits per heavy atom. The number of carbonyl (C=O) groups is 1. The van der Waals surface area contributed by atoms with Crippen molar-refractivity contribution in [3.63, 3.8) is 0 Å². The molecule has 0 saturated heterocycles. The second-order valence-electron chi connectivity index (χ2n) is 8.52. The number of fused-ring (bicyclic) bond motifs is 2. The maximum absolute atomic E-state index is 12.5. The van der Waals surface area contributed by atoms with Crippen molar-refractivity contribution >= 4 is 34.7 Å². The van der Waals surface area contributed by atoms with Crippen LogP contribution < -0.4 is 10.1 Å². The van der Waals surface area contributed by atoms with Crippen molar-refractivity contribution in [2.75, 3.05) is 46.2 Å². The van der Waals surface area contributed by atoms with Gasteiger partial charge in [0.05, 0.1) is 23.7 Å². The molecule has 10 nitrogen and oxygen atoms in total. The number of nitrogens with one attached hydrogen (secondary N) is 2. The lowest BCUT2D eigenvalue weighted by atomic mass is 10.1. The van der Waals surface area contributed by atoms with Crippen LogP contribution in [0.4, 0.5) is 11.5 Å². The van der Waals surface area contributed by atoms with Crippen LogP contribution in [0.15, 0.2) is 29.5 Å². The SMILES string of the molecule is COc1ccc2cc1CN(C)CCCCC(=O)N(C)CCNc1ncnc3[nH]c(O)c(c13)C=N2. The predicted octanol–water partition coefficient (Wildman–Crippen LogP) is 2.91. The molecular formula is C24H31N7O3. The second kappa shape index (κ2) is 10.5. The fraction of sp³-hybridized carbons (Fsp3) is 0.417. The van der Waals surface area contributed by atoms with Crippen LogP contribution in [-0.4, -0.2) is 82.8 Å². The van der Waals surface area contributed by atoms with Crippen LogP contribution in [-0.2, 0) is 11.3 Å². The molecule has 10 heteroatoms. The van der Waals surface area contributed by atoms with E-state index in [2.05, 4.69) is 37.2 Å². The molecule has 3 aromatic rings. The van der Waals surface area contributed by atoms with Gasteiger partial charge in [0.25, 0.3) is 0 Å². The minimum atomic E-state index is -0.0334. The summed E-state index contributed by atoms with van der Waals surface area (Å²) >= 11 is 0. The lowest BCUT2D eigenvalue weighted by Gasteiger charge is -2.20. The molecule has 4 rings (SSSR count). The van der Waals surface area contributed by atoms with Gasteiger partial charge in [0.2, 0.25) is 5.91 Å². The molecule has 1 aliphatic heterocycles. The first kappa shape index (κ1) is 23.5. The topological polar surface area (TPSA) is 119 Å². The molecule has 0 saturated carbocycles. The fourth-order valence-corrected chi connectivity index (χ4v) is 4.09. The molecule has 34 heavy (non-hydrogen) atoms. The van der Waals surface area contributed by atoms with Crippen molar-refractivity contribution < 1.29 is 14.6 Å². The number of hydrogen-bond acceptors (Lipinski definition) is 8. The fourth-order valence-electron chi connectivity index (χ4n) is 4.09. The van der Waals surface area contributed by atoms with Gasteiger partial charge in [0.15, 0.2) is 5.88 Å². The number of methoxy groups -OCH3 is 1. The zero-order valence-electron chi connectivity index (χ0n) is 19.8. The average molecular weight is 466 g/mol. The Morgan fingerprint density at radius 3 is 2.82 bits per heavy atom. The summed E-state index contributed by atoms with van der Waals surface area (Å²) in [6.45, 7) is 2.62. The van der Waals surface area contributed by atoms with E-state index in [1.165, 1.54) is 6.33 Å². The van der Waals surface area contributed by atoms with E-state index in [-0.39, 0.29) is 11.8 Å². The highest BCUT2D eigenvalue weighted by Crippen LogP contribution is 2.30. The van der Waals surface area contributed by atoms with Crippen LogP contribution in [0, 0.1) is 0 Å². The highest BCUT2D eigenvalue weighted by molar-refractivity contribution is 6.06. The number of aromatic nitrogens is 3. The normalized spacial score (nSPS) is 16.6. The largest absolute Gasteiger partial charge is 0.496 e. The summed E-state index contributed by atoms with van der Waals surface area (Å²) < 4.78 is 5.55. The number of benzene rings is 1. The number of nitrogens with zero attached hydrogens (tertiary/aromatic N) is 5. The predicted molar refractivity (Wildman–Crippen MR) is 132 cm³/mol. The standard InChI is InChI=1S/C24H31N7O3/c1-30-10-5-4-6-20(32)31(2)11-9-25-22-21-18(24(33)29-23(21)28-15-27-22)13-26-17-7-8-19(34-3)16(12-17)14-30/h7-8,12-13,15,33H,4-6,9-11,14H2,1-3H3,(H2,25,27,28,29). The summed E-state index contributed by atoms with van der Waals surface area (Å²) in [4.78, 5) is 32.6. The summed E-state index contributed by atoms with van der Waals surface area (Å²) in [5, 5.41) is 14.4. The van der Waals surface area contributed by atoms with Gasteiger partial charge in [0, 0.05) is 44.9 Å². The minimum absolute atomic E-state index is 0.0334. The third-order valence-corrected chi connectivity index (χ3v) is 6.00. The number of carbonyl (C=O) groups excluding carboxylic acids is 1. The van der Waals surface area contributed by atoms with E-state index in [0.717, 1.165) is 36.4 Å². The van der Waals surface area contributed by atoms with E-state index in [4.69, 9.17) is 4.74 Å². The molecule has 1 aromatic carbocycles. The highest BCUT2D eigenvalue weighted by atomic mass is 16.5. The molecule has 1 aliphatic rings. The van der Waals surface area contributed by atoms with Crippen molar-refractivity contribution in [3.8, 4) is 11.6 Å². The Morgan fingerprint density at radius 2 is 2.00 bits per heavy atom. The number of anilines is 1. The maximum atomic E-state index is 12.5. The first-order valence-corrected chi connectivity index (χ1v) is 11.4. The van der Waals surface area contributed by atoms with E-state index >= 15 is 0 Å². The minimum Gasteiger partial charge on any atom is -0.496 e. The van der Waals surface area contributed by atoms with E-state index in [1.54, 1.807) is 18.2 Å². The molecule has 0 atom stereocenters. The lowest BCUT2D eigenvalue weighted by Crippen LogP contribution is -2.31. The molecule has 180 valence electrons. The summed E-state index contributed by atoms with van der Waals surface area (Å²) in [7, 11) is 5.53. The van der Waals surface area contributed by atoms with Gasteiger partial charge in [-0.25, -0.2) is 9.97 Å². The molecule has 0 fully saturated rings. The number of aliphatic imine (C=N–C) groups is 1. The number of amides is 1. The van der Waals surface area contributed by atoms with Crippen LogP contribution in [0.1, 0.15) is 30.4 Å². The second-order valence-corrected chi connectivity index (χ2v) is 8.52. The smallest absolute Gasteiger partial charge is 0.222 e. The number of aromatic amines is 1. The van der Waals surface area contributed by atoms with Gasteiger partial charge in [-0.05, 0) is 44.6 Å². The van der Waals surface area contributed by atoms with Gasteiger partial charge in [-0.2, -0.15) is 0 Å². The first-order valence-electron chi connectivity index (χ1n) is 11.4. The lowest BCUT2D eigenvalue weighted by molar-refractivity contribution is -0.129. The third kappa shape index (κ3) is 5.28. The van der Waals surface area contributed by atoms with Gasteiger partial charge < -0.3 is 29.9 Å². The van der Waals surface area contributed by atoms with E-state index in [0.29, 0.717) is 48.5 Å². The summed E-state index contributed by atoms with van der Waals surface area (Å²) in [5.74, 6) is 1.45. The van der Waals surface area contributed by atoms with Crippen molar-refractivity contribution in [3.05, 3.63) is 35.7 Å². The molecular weight excluding hydrogens is 434 g/mol. The molecule has 2 aromatic heterocycles.